The molecule has 0 aromatic heterocycles. The van der Waals surface area contributed by atoms with Gasteiger partial charge >= 0.3 is 11.9 Å². The molecule has 4 rings (SSSR count). The molecular formula is C25H34O9. The number of hydrogen-bond donors (Lipinski definition) is 3. The Morgan fingerprint density at radius 2 is 1.82 bits per heavy atom. The molecule has 0 bridgehead atoms. The highest BCUT2D eigenvalue weighted by Crippen LogP contribution is 2.67. The summed E-state index contributed by atoms with van der Waals surface area (Å²) in [5.74, 6) is -2.45. The summed E-state index contributed by atoms with van der Waals surface area (Å²) in [6.07, 6.45) is 4.93. The van der Waals surface area contributed by atoms with Crippen LogP contribution in [0.4, 0.5) is 0 Å². The number of carbonyl (C=O) groups excluding carboxylic acids is 3. The molecule has 0 aromatic carbocycles. The van der Waals surface area contributed by atoms with Crippen molar-refractivity contribution in [3.63, 3.8) is 0 Å². The molecule has 0 aromatic rings. The second-order valence-electron chi connectivity index (χ2n) is 10.9. The normalized spacial score (nSPS) is 41.1. The molecule has 34 heavy (non-hydrogen) atoms. The Morgan fingerprint density at radius 3 is 2.53 bits per heavy atom. The van der Waals surface area contributed by atoms with Gasteiger partial charge in [-0.3, -0.25) is 9.59 Å². The van der Waals surface area contributed by atoms with Crippen LogP contribution in [0.5, 0.6) is 0 Å². The molecule has 3 N–H and O–H groups in total. The van der Waals surface area contributed by atoms with Gasteiger partial charge in [0.05, 0.1) is 6.10 Å². The summed E-state index contributed by atoms with van der Waals surface area (Å²) in [6.45, 7) is 2.11. The van der Waals surface area contributed by atoms with Crippen molar-refractivity contribution in [3.05, 3.63) is 11.6 Å². The van der Waals surface area contributed by atoms with Crippen molar-refractivity contribution in [1.82, 2.24) is 0 Å². The molecule has 9 nitrogen and oxygen atoms in total. The number of fused-ring (bicyclic) bond motifs is 5. The van der Waals surface area contributed by atoms with Crippen LogP contribution >= 0.6 is 0 Å². The molecule has 9 heteroatoms. The number of ether oxygens (including phenoxy) is 2. The summed E-state index contributed by atoms with van der Waals surface area (Å²) in [4.78, 5) is 47.4. The molecule has 0 radical (unpaired) electrons. The van der Waals surface area contributed by atoms with Crippen LogP contribution in [0.2, 0.25) is 0 Å². The van der Waals surface area contributed by atoms with Crippen molar-refractivity contribution < 1.29 is 44.0 Å². The maximum absolute atomic E-state index is 13.1. The minimum atomic E-state index is -1.73. The highest BCUT2D eigenvalue weighted by molar-refractivity contribution is 5.92. The molecule has 0 unspecified atom stereocenters. The van der Waals surface area contributed by atoms with Crippen molar-refractivity contribution in [2.45, 2.75) is 70.5 Å². The fraction of sp³-hybridized carbons (Fsp3) is 0.760. The first-order valence-corrected chi connectivity index (χ1v) is 12.0. The first-order valence-electron chi connectivity index (χ1n) is 12.0. The fourth-order valence-electron chi connectivity index (χ4n) is 7.68. The molecule has 3 fully saturated rings. The maximum atomic E-state index is 13.1. The minimum Gasteiger partial charge on any atom is -0.480 e. The second-order valence-corrected chi connectivity index (χ2v) is 10.9. The summed E-state index contributed by atoms with van der Waals surface area (Å²) in [5.41, 5.74) is -1.73. The van der Waals surface area contributed by atoms with Gasteiger partial charge in [-0.05, 0) is 67.8 Å². The highest BCUT2D eigenvalue weighted by atomic mass is 16.6. The number of esters is 1. The van der Waals surface area contributed by atoms with E-state index >= 15 is 0 Å². The summed E-state index contributed by atoms with van der Waals surface area (Å²) in [6, 6.07) is 0. The zero-order valence-electron chi connectivity index (χ0n) is 19.7. The molecule has 0 amide bonds. The minimum absolute atomic E-state index is 0.0275. The van der Waals surface area contributed by atoms with Crippen LogP contribution in [-0.4, -0.2) is 70.4 Å². The van der Waals surface area contributed by atoms with Gasteiger partial charge in [-0.15, -0.1) is 0 Å². The van der Waals surface area contributed by atoms with Gasteiger partial charge in [0, 0.05) is 11.8 Å². The van der Waals surface area contributed by atoms with E-state index in [9.17, 15) is 29.4 Å². The lowest BCUT2D eigenvalue weighted by molar-refractivity contribution is -0.185. The molecule has 4 aliphatic rings. The predicted octanol–water partition coefficient (Wildman–Crippen LogP) is 1.43. The van der Waals surface area contributed by atoms with Crippen LogP contribution in [0.25, 0.3) is 0 Å². The third kappa shape index (κ3) is 3.91. The van der Waals surface area contributed by atoms with Crippen LogP contribution in [0.1, 0.15) is 58.8 Å². The molecule has 0 saturated heterocycles. The summed E-state index contributed by atoms with van der Waals surface area (Å²) in [5, 5.41) is 31.5. The van der Waals surface area contributed by atoms with Crippen LogP contribution in [0.3, 0.4) is 0 Å². The number of aliphatic hydroxyl groups excluding tert-OH is 1. The Labute approximate surface area is 198 Å². The van der Waals surface area contributed by atoms with E-state index in [1.54, 1.807) is 6.08 Å². The van der Waals surface area contributed by atoms with Gasteiger partial charge in [0.2, 0.25) is 5.78 Å². The lowest BCUT2D eigenvalue weighted by atomic mass is 9.45. The number of allylic oxidation sites excluding steroid dienone is 1. The van der Waals surface area contributed by atoms with Crippen molar-refractivity contribution in [2.75, 3.05) is 19.8 Å². The van der Waals surface area contributed by atoms with E-state index < -0.39 is 54.7 Å². The van der Waals surface area contributed by atoms with E-state index in [1.165, 1.54) is 0 Å². The van der Waals surface area contributed by atoms with Crippen LogP contribution in [-0.2, 0) is 28.7 Å². The van der Waals surface area contributed by atoms with E-state index in [2.05, 4.69) is 11.7 Å². The Balaban J connectivity index is 1.49. The van der Waals surface area contributed by atoms with Gasteiger partial charge in [0.25, 0.3) is 0 Å². The van der Waals surface area contributed by atoms with E-state index in [4.69, 9.17) is 9.84 Å². The number of aliphatic hydroxyl groups is 2. The Bertz CT molecular complexity index is 925. The SMILES string of the molecule is C[C@]12CCC(=O)C=C1CC[C@@H]1[C@@H]2[C@H](O)C[C@@]2(C)[C@H]1CC[C@@]2(O)C(=O)COC(=O)COCC(=O)O. The first kappa shape index (κ1) is 25.0. The average molecular weight is 479 g/mol. The van der Waals surface area contributed by atoms with Gasteiger partial charge < -0.3 is 24.8 Å². The largest absolute Gasteiger partial charge is 0.480 e. The second kappa shape index (κ2) is 8.84. The molecule has 0 heterocycles. The lowest BCUT2D eigenvalue weighted by Crippen LogP contribution is -2.62. The number of carboxylic acid groups (broad SMARTS) is 1. The van der Waals surface area contributed by atoms with Gasteiger partial charge in [0.15, 0.2) is 12.4 Å². The van der Waals surface area contributed by atoms with Crippen molar-refractivity contribution in [1.29, 1.82) is 0 Å². The maximum Gasteiger partial charge on any atom is 0.332 e. The Morgan fingerprint density at radius 1 is 1.09 bits per heavy atom. The first-order chi connectivity index (χ1) is 15.9. The molecule has 4 aliphatic carbocycles. The summed E-state index contributed by atoms with van der Waals surface area (Å²) < 4.78 is 9.62. The van der Waals surface area contributed by atoms with E-state index in [0.29, 0.717) is 19.3 Å². The zero-order chi connectivity index (χ0) is 24.9. The van der Waals surface area contributed by atoms with Crippen LogP contribution in [0, 0.1) is 28.6 Å². The van der Waals surface area contributed by atoms with E-state index in [1.807, 2.05) is 6.92 Å². The number of Topliss-reactive ketones (excluding diaryl/α,β-unsaturated/α-hetero) is 1. The standard InChI is InChI=1S/C25H34O9/c1-23-7-5-15(26)9-14(23)3-4-16-17-6-8-25(32,24(17,2)10-18(27)22(16)23)19(28)11-34-21(31)13-33-12-20(29)30/h9,16-18,22,27,32H,3-8,10-13H2,1-2H3,(H,29,30)/t16-,17-,18+,22+,23-,24-,25+/m0/s1. The van der Waals surface area contributed by atoms with E-state index in [-0.39, 0.29) is 41.8 Å². The Hall–Kier alpha value is -2.10. The molecule has 0 aliphatic heterocycles. The van der Waals surface area contributed by atoms with Crippen molar-refractivity contribution >= 4 is 23.5 Å². The molecule has 188 valence electrons. The van der Waals surface area contributed by atoms with Gasteiger partial charge in [0.1, 0.15) is 18.8 Å². The summed E-state index contributed by atoms with van der Waals surface area (Å²) in [7, 11) is 0. The topological polar surface area (TPSA) is 147 Å². The fourth-order valence-corrected chi connectivity index (χ4v) is 7.68. The highest BCUT2D eigenvalue weighted by Gasteiger charge is 2.68. The molecule has 0 spiro atoms. The van der Waals surface area contributed by atoms with Crippen LogP contribution < -0.4 is 0 Å². The lowest BCUT2D eigenvalue weighted by Gasteiger charge is -2.60. The molecule has 3 saturated carbocycles. The van der Waals surface area contributed by atoms with E-state index in [0.717, 1.165) is 18.4 Å². The quantitative estimate of drug-likeness (QED) is 0.462. The van der Waals surface area contributed by atoms with Gasteiger partial charge in [-0.2, -0.15) is 0 Å². The van der Waals surface area contributed by atoms with Crippen molar-refractivity contribution in [2.24, 2.45) is 28.6 Å². The predicted molar refractivity (Wildman–Crippen MR) is 117 cm³/mol. The third-order valence-electron chi connectivity index (χ3n) is 9.32. The number of carbonyl (C=O) groups is 4. The Kier molecular flexibility index (Phi) is 6.50. The zero-order valence-corrected chi connectivity index (χ0v) is 19.7. The monoisotopic (exact) mass is 478 g/mol. The average Bonchev–Trinajstić information content (AvgIpc) is 3.03. The number of aliphatic carboxylic acids is 1. The van der Waals surface area contributed by atoms with Crippen molar-refractivity contribution in [3.8, 4) is 0 Å². The number of hydrogen-bond acceptors (Lipinski definition) is 8. The smallest absolute Gasteiger partial charge is 0.332 e. The summed E-state index contributed by atoms with van der Waals surface area (Å²) >= 11 is 0. The number of rotatable bonds is 7. The molecular weight excluding hydrogens is 444 g/mol. The molecule has 7 atom stereocenters. The van der Waals surface area contributed by atoms with Gasteiger partial charge in [-0.1, -0.05) is 19.4 Å². The van der Waals surface area contributed by atoms with Gasteiger partial charge in [-0.25, -0.2) is 9.59 Å². The third-order valence-corrected chi connectivity index (χ3v) is 9.32. The number of carboxylic acids is 1. The van der Waals surface area contributed by atoms with Crippen LogP contribution in [0.15, 0.2) is 11.6 Å². The number of ketones is 2.